The summed E-state index contributed by atoms with van der Waals surface area (Å²) in [5, 5.41) is 7.30. The molecule has 7 nitrogen and oxygen atoms in total. The van der Waals surface area contributed by atoms with Crippen LogP contribution < -0.4 is 16.3 Å². The Bertz CT molecular complexity index is 1130. The first-order valence-electron chi connectivity index (χ1n) is 9.49. The third kappa shape index (κ3) is 3.88. The predicted molar refractivity (Wildman–Crippen MR) is 118 cm³/mol. The van der Waals surface area contributed by atoms with Crippen molar-refractivity contribution in [1.82, 2.24) is 14.8 Å². The van der Waals surface area contributed by atoms with Gasteiger partial charge < -0.3 is 9.73 Å². The van der Waals surface area contributed by atoms with Gasteiger partial charge in [0.2, 0.25) is 0 Å². The predicted octanol–water partition coefficient (Wildman–Crippen LogP) is 3.52. The molecule has 29 heavy (non-hydrogen) atoms. The van der Waals surface area contributed by atoms with Gasteiger partial charge in [0.15, 0.2) is 5.11 Å². The minimum Gasteiger partial charge on any atom is -0.460 e. The van der Waals surface area contributed by atoms with Gasteiger partial charge in [-0.05, 0) is 55.7 Å². The average molecular weight is 410 g/mol. The first-order chi connectivity index (χ1) is 14.0. The summed E-state index contributed by atoms with van der Waals surface area (Å²) in [5.74, 6) is 2.88. The Morgan fingerprint density at radius 1 is 1.28 bits per heavy atom. The monoisotopic (exact) mass is 409 g/mol. The highest BCUT2D eigenvalue weighted by atomic mass is 32.1. The number of benzene rings is 1. The molecule has 2 N–H and O–H groups in total. The quantitative estimate of drug-likeness (QED) is 0.383. The molecule has 3 aromatic rings. The van der Waals surface area contributed by atoms with Crippen LogP contribution in [0.5, 0.6) is 0 Å². The molecular weight excluding hydrogens is 386 g/mol. The van der Waals surface area contributed by atoms with Crippen molar-refractivity contribution in [2.45, 2.75) is 26.2 Å². The fraction of sp³-hybridized carbons (Fsp3) is 0.286. The van der Waals surface area contributed by atoms with Crippen LogP contribution in [-0.4, -0.2) is 20.7 Å². The van der Waals surface area contributed by atoms with Gasteiger partial charge >= 0.3 is 0 Å². The van der Waals surface area contributed by atoms with E-state index >= 15 is 0 Å². The summed E-state index contributed by atoms with van der Waals surface area (Å²) in [6.07, 6.45) is 2.75. The van der Waals surface area contributed by atoms with Gasteiger partial charge in [0.25, 0.3) is 5.56 Å². The highest BCUT2D eigenvalue weighted by Gasteiger charge is 2.36. The molecule has 1 aromatic carbocycles. The molecule has 0 radical (unpaired) electrons. The average Bonchev–Trinajstić information content (AvgIpc) is 3.18. The van der Waals surface area contributed by atoms with E-state index in [-0.39, 0.29) is 10.7 Å². The second kappa shape index (κ2) is 7.71. The van der Waals surface area contributed by atoms with Crippen molar-refractivity contribution >= 4 is 29.2 Å². The van der Waals surface area contributed by atoms with Crippen LogP contribution in [0.1, 0.15) is 36.5 Å². The zero-order valence-electron chi connectivity index (χ0n) is 16.5. The molecule has 4 rings (SSSR count). The zero-order chi connectivity index (χ0) is 20.5. The molecule has 0 unspecified atom stereocenters. The summed E-state index contributed by atoms with van der Waals surface area (Å²) in [5.41, 5.74) is 4.51. The first kappa shape index (κ1) is 19.2. The van der Waals surface area contributed by atoms with Crippen molar-refractivity contribution in [2.75, 3.05) is 5.32 Å². The van der Waals surface area contributed by atoms with E-state index in [0.29, 0.717) is 23.3 Å². The van der Waals surface area contributed by atoms with Crippen LogP contribution >= 0.6 is 12.2 Å². The minimum absolute atomic E-state index is 0.182. The van der Waals surface area contributed by atoms with Crippen LogP contribution in [-0.2, 0) is 7.05 Å². The van der Waals surface area contributed by atoms with Gasteiger partial charge in [-0.1, -0.05) is 25.1 Å². The third-order valence-electron chi connectivity index (χ3n) is 5.27. The molecule has 2 heterocycles. The number of nitrogens with zero attached hydrogens (tertiary/aromatic N) is 3. The SMILES string of the molecule is Cc1c(NC(=S)N/N=C\c2ccc([C@H]3C[C@H]3C)o2)c(=O)n(-c2ccccc2)n1C. The van der Waals surface area contributed by atoms with E-state index in [4.69, 9.17) is 16.6 Å². The Morgan fingerprint density at radius 2 is 2.00 bits per heavy atom. The normalized spacial score (nSPS) is 18.2. The van der Waals surface area contributed by atoms with Gasteiger partial charge in [-0.3, -0.25) is 14.9 Å². The Balaban J connectivity index is 1.43. The van der Waals surface area contributed by atoms with E-state index in [2.05, 4.69) is 22.8 Å². The number of para-hydroxylation sites is 1. The molecule has 2 aromatic heterocycles. The van der Waals surface area contributed by atoms with E-state index in [1.807, 2.05) is 56.4 Å². The summed E-state index contributed by atoms with van der Waals surface area (Å²) < 4.78 is 9.15. The molecule has 0 amide bonds. The molecule has 1 fully saturated rings. The maximum atomic E-state index is 12.9. The van der Waals surface area contributed by atoms with Crippen molar-refractivity contribution in [3.8, 4) is 5.69 Å². The van der Waals surface area contributed by atoms with Crippen LogP contribution in [0.2, 0.25) is 0 Å². The molecule has 150 valence electrons. The highest BCUT2D eigenvalue weighted by Crippen LogP contribution is 2.47. The van der Waals surface area contributed by atoms with Crippen LogP contribution in [0.15, 0.2) is 56.8 Å². The highest BCUT2D eigenvalue weighted by molar-refractivity contribution is 7.80. The molecule has 8 heteroatoms. The second-order valence-electron chi connectivity index (χ2n) is 7.32. The molecule has 0 saturated heterocycles. The zero-order valence-corrected chi connectivity index (χ0v) is 17.4. The van der Waals surface area contributed by atoms with Gasteiger partial charge in [0.05, 0.1) is 17.6 Å². The Labute approximate surface area is 174 Å². The molecule has 0 spiro atoms. The molecule has 0 bridgehead atoms. The van der Waals surface area contributed by atoms with Gasteiger partial charge in [0, 0.05) is 13.0 Å². The molecule has 1 saturated carbocycles. The number of rotatable bonds is 5. The minimum atomic E-state index is -0.182. The summed E-state index contributed by atoms with van der Waals surface area (Å²) in [4.78, 5) is 12.9. The smallest absolute Gasteiger partial charge is 0.295 e. The summed E-state index contributed by atoms with van der Waals surface area (Å²) in [6, 6.07) is 13.3. The third-order valence-corrected chi connectivity index (χ3v) is 5.47. The lowest BCUT2D eigenvalue weighted by atomic mass is 10.3. The van der Waals surface area contributed by atoms with Crippen molar-refractivity contribution in [2.24, 2.45) is 18.1 Å². The number of hydrogen-bond acceptors (Lipinski definition) is 4. The Hall–Kier alpha value is -3.13. The maximum absolute atomic E-state index is 12.9. The topological polar surface area (TPSA) is 76.5 Å². The van der Waals surface area contributed by atoms with Crippen LogP contribution in [0.25, 0.3) is 5.69 Å². The Morgan fingerprint density at radius 3 is 2.69 bits per heavy atom. The molecule has 2 atom stereocenters. The summed E-state index contributed by atoms with van der Waals surface area (Å²) in [7, 11) is 1.83. The second-order valence-corrected chi connectivity index (χ2v) is 7.73. The first-order valence-corrected chi connectivity index (χ1v) is 9.90. The maximum Gasteiger partial charge on any atom is 0.295 e. The van der Waals surface area contributed by atoms with Crippen LogP contribution in [0.4, 0.5) is 5.69 Å². The van der Waals surface area contributed by atoms with E-state index in [1.54, 1.807) is 15.6 Å². The Kier molecular flexibility index (Phi) is 5.10. The summed E-state index contributed by atoms with van der Waals surface area (Å²) >= 11 is 5.29. The molecule has 0 aliphatic heterocycles. The number of aromatic nitrogens is 2. The van der Waals surface area contributed by atoms with Gasteiger partial charge in [0.1, 0.15) is 17.2 Å². The number of thiocarbonyl (C=S) groups is 1. The van der Waals surface area contributed by atoms with E-state index in [9.17, 15) is 4.79 Å². The molecule has 1 aliphatic rings. The fourth-order valence-corrected chi connectivity index (χ4v) is 3.52. The van der Waals surface area contributed by atoms with Crippen molar-refractivity contribution in [3.63, 3.8) is 0 Å². The van der Waals surface area contributed by atoms with Gasteiger partial charge in [-0.25, -0.2) is 4.68 Å². The van der Waals surface area contributed by atoms with Crippen LogP contribution in [0, 0.1) is 12.8 Å². The van der Waals surface area contributed by atoms with Crippen molar-refractivity contribution < 1.29 is 4.42 Å². The number of furan rings is 1. The van der Waals surface area contributed by atoms with Crippen molar-refractivity contribution in [1.29, 1.82) is 0 Å². The molecular formula is C21H23N5O2S. The summed E-state index contributed by atoms with van der Waals surface area (Å²) in [6.45, 7) is 4.07. The largest absolute Gasteiger partial charge is 0.460 e. The van der Waals surface area contributed by atoms with Crippen molar-refractivity contribution in [3.05, 3.63) is 70.0 Å². The lowest BCUT2D eigenvalue weighted by Crippen LogP contribution is -2.28. The van der Waals surface area contributed by atoms with Gasteiger partial charge in [-0.2, -0.15) is 5.10 Å². The number of nitrogens with one attached hydrogen (secondary N) is 2. The number of anilines is 1. The number of hydrazone groups is 1. The fourth-order valence-electron chi connectivity index (χ4n) is 3.36. The lowest BCUT2D eigenvalue weighted by Gasteiger charge is -2.07. The lowest BCUT2D eigenvalue weighted by molar-refractivity contribution is 0.500. The van der Waals surface area contributed by atoms with Gasteiger partial charge in [-0.15, -0.1) is 0 Å². The van der Waals surface area contributed by atoms with Crippen LogP contribution in [0.3, 0.4) is 0 Å². The van der Waals surface area contributed by atoms with E-state index < -0.39 is 0 Å². The standard InChI is InChI=1S/C21H23N5O2S/c1-13-11-17(13)18-10-9-16(28-18)12-22-24-21(29)23-19-14(2)25(3)26(20(19)27)15-7-5-4-6-8-15/h4-10,12-13,17H,11H2,1-3H3,(H2,23,24,29)/b22-12-/t13-,17+/m1/s1. The van der Waals surface area contributed by atoms with E-state index in [0.717, 1.165) is 17.1 Å². The number of hydrogen-bond donors (Lipinski definition) is 2. The van der Waals surface area contributed by atoms with E-state index in [1.165, 1.54) is 6.42 Å². The molecule has 1 aliphatic carbocycles.